The summed E-state index contributed by atoms with van der Waals surface area (Å²) in [5.41, 5.74) is 2.05. The monoisotopic (exact) mass is 207 g/mol. The normalized spacial score (nSPS) is 23.2. The van der Waals surface area contributed by atoms with Crippen molar-refractivity contribution in [1.82, 2.24) is 4.98 Å². The average Bonchev–Trinajstić information content (AvgIpc) is 2.88. The fourth-order valence-electron chi connectivity index (χ4n) is 3.15. The van der Waals surface area contributed by atoms with Crippen molar-refractivity contribution in [3.8, 4) is 0 Å². The summed E-state index contributed by atoms with van der Waals surface area (Å²) in [4.78, 5) is 6.48. The van der Waals surface area contributed by atoms with Crippen molar-refractivity contribution in [2.24, 2.45) is 0 Å². The zero-order valence-electron chi connectivity index (χ0n) is 8.81. The van der Waals surface area contributed by atoms with E-state index in [0.29, 0.717) is 5.41 Å². The van der Waals surface area contributed by atoms with E-state index in [1.54, 1.807) is 4.88 Å². The summed E-state index contributed by atoms with van der Waals surface area (Å²) in [6, 6.07) is 0. The van der Waals surface area contributed by atoms with E-state index < -0.39 is 0 Å². The third-order valence-electron chi connectivity index (χ3n) is 3.94. The maximum Gasteiger partial charge on any atom is 0.0928 e. The fourth-order valence-corrected chi connectivity index (χ4v) is 4.27. The van der Waals surface area contributed by atoms with Crippen molar-refractivity contribution in [3.05, 3.63) is 15.6 Å². The molecule has 1 aromatic rings. The van der Waals surface area contributed by atoms with Gasteiger partial charge in [0.1, 0.15) is 0 Å². The fraction of sp³-hybridized carbons (Fsp3) is 0.750. The molecule has 2 aliphatic carbocycles. The summed E-state index contributed by atoms with van der Waals surface area (Å²) in [6.07, 6.45) is 9.50. The molecule has 2 heteroatoms. The second-order valence-corrected chi connectivity index (χ2v) is 5.89. The number of hydrogen-bond donors (Lipinski definition) is 0. The van der Waals surface area contributed by atoms with E-state index in [2.05, 4.69) is 6.92 Å². The van der Waals surface area contributed by atoms with Gasteiger partial charge in [0, 0.05) is 10.3 Å². The summed E-state index contributed by atoms with van der Waals surface area (Å²) in [7, 11) is 0. The van der Waals surface area contributed by atoms with Gasteiger partial charge in [-0.3, -0.25) is 0 Å². The van der Waals surface area contributed by atoms with Crippen LogP contribution in [-0.2, 0) is 18.3 Å². The van der Waals surface area contributed by atoms with E-state index in [4.69, 9.17) is 4.98 Å². The molecular formula is C12H17NS. The molecule has 2 aliphatic rings. The Labute approximate surface area is 89.6 Å². The molecule has 0 aromatic carbocycles. The van der Waals surface area contributed by atoms with Gasteiger partial charge in [0.15, 0.2) is 0 Å². The Morgan fingerprint density at radius 1 is 1.29 bits per heavy atom. The van der Waals surface area contributed by atoms with Gasteiger partial charge >= 0.3 is 0 Å². The molecule has 1 fully saturated rings. The Morgan fingerprint density at radius 3 is 2.79 bits per heavy atom. The lowest BCUT2D eigenvalue weighted by atomic mass is 9.84. The van der Waals surface area contributed by atoms with Crippen LogP contribution in [0, 0.1) is 0 Å². The van der Waals surface area contributed by atoms with Gasteiger partial charge in [0.2, 0.25) is 0 Å². The number of hydrogen-bond acceptors (Lipinski definition) is 2. The predicted octanol–water partition coefficient (Wildman–Crippen LogP) is 3.46. The summed E-state index contributed by atoms with van der Waals surface area (Å²) in [5, 5.41) is 1.36. The molecule has 0 aliphatic heterocycles. The minimum Gasteiger partial charge on any atom is -0.245 e. The zero-order valence-corrected chi connectivity index (χ0v) is 9.62. The Balaban J connectivity index is 2.03. The average molecular weight is 207 g/mol. The van der Waals surface area contributed by atoms with Crippen molar-refractivity contribution in [1.29, 1.82) is 0 Å². The largest absolute Gasteiger partial charge is 0.245 e. The Hall–Kier alpha value is -0.370. The summed E-state index contributed by atoms with van der Waals surface area (Å²) in [5.74, 6) is 0. The van der Waals surface area contributed by atoms with Crippen molar-refractivity contribution in [3.63, 3.8) is 0 Å². The van der Waals surface area contributed by atoms with Crippen LogP contribution in [0.4, 0.5) is 0 Å². The van der Waals surface area contributed by atoms with E-state index in [-0.39, 0.29) is 0 Å². The second kappa shape index (κ2) is 3.06. The lowest BCUT2D eigenvalue weighted by molar-refractivity contribution is 0.428. The standard InChI is InChI=1S/C12H17NS/c1-2-10-13-11-9(14-10)5-8-12(11)6-3-4-7-12/h2-8H2,1H3. The van der Waals surface area contributed by atoms with Crippen LogP contribution in [-0.4, -0.2) is 4.98 Å². The first-order valence-electron chi connectivity index (χ1n) is 5.83. The van der Waals surface area contributed by atoms with E-state index in [0.717, 1.165) is 6.42 Å². The molecule has 0 saturated heterocycles. The quantitative estimate of drug-likeness (QED) is 0.687. The predicted molar refractivity (Wildman–Crippen MR) is 60.0 cm³/mol. The zero-order chi connectivity index (χ0) is 9.60. The third kappa shape index (κ3) is 1.10. The van der Waals surface area contributed by atoms with Crippen molar-refractivity contribution in [2.75, 3.05) is 0 Å². The maximum atomic E-state index is 4.86. The summed E-state index contributed by atoms with van der Waals surface area (Å²) in [6.45, 7) is 2.22. The molecule has 0 bridgehead atoms. The minimum absolute atomic E-state index is 0.541. The Bertz CT molecular complexity index is 347. The van der Waals surface area contributed by atoms with E-state index in [1.165, 1.54) is 49.2 Å². The summed E-state index contributed by atoms with van der Waals surface area (Å²) < 4.78 is 0. The molecule has 0 N–H and O–H groups in total. The van der Waals surface area contributed by atoms with E-state index in [1.807, 2.05) is 11.3 Å². The lowest BCUT2D eigenvalue weighted by Gasteiger charge is -2.21. The van der Waals surface area contributed by atoms with Gasteiger partial charge < -0.3 is 0 Å². The molecule has 76 valence electrons. The first-order chi connectivity index (χ1) is 6.84. The molecule has 0 atom stereocenters. The van der Waals surface area contributed by atoms with E-state index >= 15 is 0 Å². The molecule has 0 unspecified atom stereocenters. The van der Waals surface area contributed by atoms with Crippen molar-refractivity contribution in [2.45, 2.75) is 57.3 Å². The van der Waals surface area contributed by atoms with Gasteiger partial charge in [-0.2, -0.15) is 0 Å². The highest BCUT2D eigenvalue weighted by Gasteiger charge is 2.43. The highest BCUT2D eigenvalue weighted by Crippen LogP contribution is 2.51. The topological polar surface area (TPSA) is 12.9 Å². The number of thiazole rings is 1. The Morgan fingerprint density at radius 2 is 2.07 bits per heavy atom. The van der Waals surface area contributed by atoms with Gasteiger partial charge in [-0.25, -0.2) is 4.98 Å². The van der Waals surface area contributed by atoms with Crippen LogP contribution < -0.4 is 0 Å². The van der Waals surface area contributed by atoms with Gasteiger partial charge in [0.25, 0.3) is 0 Å². The number of aromatic nitrogens is 1. The van der Waals surface area contributed by atoms with Crippen LogP contribution >= 0.6 is 11.3 Å². The highest BCUT2D eigenvalue weighted by molar-refractivity contribution is 7.11. The van der Waals surface area contributed by atoms with Crippen LogP contribution in [0.25, 0.3) is 0 Å². The molecule has 1 nitrogen and oxygen atoms in total. The lowest BCUT2D eigenvalue weighted by Crippen LogP contribution is -2.18. The number of rotatable bonds is 1. The van der Waals surface area contributed by atoms with Gasteiger partial charge in [-0.1, -0.05) is 19.8 Å². The molecule has 1 aromatic heterocycles. The SMILES string of the molecule is CCc1nc2c(s1)CCC21CCCC1. The maximum absolute atomic E-state index is 4.86. The third-order valence-corrected chi connectivity index (χ3v) is 5.20. The van der Waals surface area contributed by atoms with Gasteiger partial charge in [0.05, 0.1) is 10.7 Å². The molecule has 1 saturated carbocycles. The molecule has 3 rings (SSSR count). The summed E-state index contributed by atoms with van der Waals surface area (Å²) >= 11 is 1.97. The number of nitrogens with zero attached hydrogens (tertiary/aromatic N) is 1. The molecule has 1 heterocycles. The van der Waals surface area contributed by atoms with Crippen molar-refractivity contribution >= 4 is 11.3 Å². The van der Waals surface area contributed by atoms with Gasteiger partial charge in [-0.05, 0) is 32.1 Å². The minimum atomic E-state index is 0.541. The molecule has 14 heavy (non-hydrogen) atoms. The van der Waals surface area contributed by atoms with Crippen LogP contribution in [0.15, 0.2) is 0 Å². The number of aryl methyl sites for hydroxylation is 2. The van der Waals surface area contributed by atoms with Crippen LogP contribution in [0.2, 0.25) is 0 Å². The Kier molecular flexibility index (Phi) is 1.94. The number of fused-ring (bicyclic) bond motifs is 2. The van der Waals surface area contributed by atoms with Crippen LogP contribution in [0.1, 0.15) is 54.6 Å². The van der Waals surface area contributed by atoms with E-state index in [9.17, 15) is 0 Å². The second-order valence-electron chi connectivity index (χ2n) is 4.72. The van der Waals surface area contributed by atoms with Gasteiger partial charge in [-0.15, -0.1) is 11.3 Å². The van der Waals surface area contributed by atoms with Crippen molar-refractivity contribution < 1.29 is 0 Å². The highest BCUT2D eigenvalue weighted by atomic mass is 32.1. The first kappa shape index (κ1) is 8.90. The smallest absolute Gasteiger partial charge is 0.0928 e. The molecule has 1 spiro atoms. The molecular weight excluding hydrogens is 190 g/mol. The van der Waals surface area contributed by atoms with Crippen LogP contribution in [0.5, 0.6) is 0 Å². The molecule has 0 amide bonds. The first-order valence-corrected chi connectivity index (χ1v) is 6.65. The molecule has 0 radical (unpaired) electrons. The van der Waals surface area contributed by atoms with Crippen LogP contribution in [0.3, 0.4) is 0 Å².